The fraction of sp³-hybridized carbons (Fsp3) is 0.613. The second-order valence-electron chi connectivity index (χ2n) is 11.1. The van der Waals surface area contributed by atoms with Crippen LogP contribution in [0, 0.1) is 12.8 Å². The van der Waals surface area contributed by atoms with Gasteiger partial charge < -0.3 is 33.2 Å². The molecule has 0 spiro atoms. The number of unbranched alkanes of at least 4 members (excludes halogenated alkanes) is 1. The molecule has 9 nitrogen and oxygen atoms in total. The lowest BCUT2D eigenvalue weighted by molar-refractivity contribution is -0.946. The van der Waals surface area contributed by atoms with E-state index in [9.17, 15) is 9.59 Å². The third kappa shape index (κ3) is 7.71. The summed E-state index contributed by atoms with van der Waals surface area (Å²) < 4.78 is 28.8. The zero-order valence-corrected chi connectivity index (χ0v) is 24.4. The van der Waals surface area contributed by atoms with E-state index < -0.39 is 6.09 Å². The highest BCUT2D eigenvalue weighted by atomic mass is 16.6. The highest BCUT2D eigenvalue weighted by Crippen LogP contribution is 2.36. The maximum Gasteiger partial charge on any atom is 0.408 e. The minimum atomic E-state index is -0.398. The number of alkyl carbamates (subject to hydrolysis) is 1. The van der Waals surface area contributed by atoms with Crippen molar-refractivity contribution in [1.29, 1.82) is 0 Å². The maximum absolute atomic E-state index is 13.2. The Hall–Kier alpha value is -3.20. The second kappa shape index (κ2) is 13.9. The number of esters is 1. The number of furan rings is 1. The number of fused-ring (bicyclic) bond motifs is 3. The molecule has 2 bridgehead atoms. The first kappa shape index (κ1) is 29.8. The van der Waals surface area contributed by atoms with E-state index in [1.807, 2.05) is 44.2 Å². The number of carbonyl (C=O) groups is 2. The van der Waals surface area contributed by atoms with Crippen LogP contribution in [-0.2, 0) is 20.7 Å². The Balaban J connectivity index is 1.34. The zero-order chi connectivity index (χ0) is 28.5. The van der Waals surface area contributed by atoms with E-state index in [0.717, 1.165) is 67.7 Å². The SMILES string of the molecule is CCOC(=O)CCCC[N+]12CCC(CC1)[C@@H](OC(=O)NC(CCc1ccc(OC)c(OC)c1)c1ccc(C)o1)C2. The summed E-state index contributed by atoms with van der Waals surface area (Å²) in [7, 11) is 3.24. The Bertz CT molecular complexity index is 1120. The predicted octanol–water partition coefficient (Wildman–Crippen LogP) is 5.35. The average molecular weight is 558 g/mol. The first-order valence-corrected chi connectivity index (χ1v) is 14.6. The van der Waals surface area contributed by atoms with E-state index in [4.69, 9.17) is 23.4 Å². The molecule has 40 heavy (non-hydrogen) atoms. The molecule has 1 amide bonds. The van der Waals surface area contributed by atoms with E-state index in [-0.39, 0.29) is 18.1 Å². The molecule has 0 saturated carbocycles. The van der Waals surface area contributed by atoms with Crippen LogP contribution in [0.5, 0.6) is 11.5 Å². The minimum Gasteiger partial charge on any atom is -0.493 e. The summed E-state index contributed by atoms with van der Waals surface area (Å²) in [5, 5.41) is 3.09. The molecule has 3 aliphatic rings. The Morgan fingerprint density at radius 1 is 1.07 bits per heavy atom. The van der Waals surface area contributed by atoms with Crippen molar-refractivity contribution in [2.75, 3.05) is 47.0 Å². The Kier molecular flexibility index (Phi) is 10.4. The minimum absolute atomic E-state index is 0.0996. The number of nitrogens with zero attached hydrogens (tertiary/aromatic N) is 1. The molecule has 4 heterocycles. The predicted molar refractivity (Wildman–Crippen MR) is 150 cm³/mol. The third-order valence-corrected chi connectivity index (χ3v) is 8.43. The number of quaternary nitrogens is 1. The van der Waals surface area contributed by atoms with Gasteiger partial charge in [-0.2, -0.15) is 0 Å². The average Bonchev–Trinajstić information content (AvgIpc) is 3.40. The van der Waals surface area contributed by atoms with Crippen molar-refractivity contribution < 1.29 is 37.4 Å². The van der Waals surface area contributed by atoms with Crippen LogP contribution in [0.2, 0.25) is 0 Å². The molecule has 0 aliphatic carbocycles. The largest absolute Gasteiger partial charge is 0.493 e. The van der Waals surface area contributed by atoms with Gasteiger partial charge in [0.05, 0.1) is 46.5 Å². The number of benzene rings is 1. The third-order valence-electron chi connectivity index (χ3n) is 8.43. The normalized spacial score (nSPS) is 22.4. The molecule has 220 valence electrons. The van der Waals surface area contributed by atoms with Gasteiger partial charge >= 0.3 is 12.1 Å². The number of amides is 1. The number of ether oxygens (including phenoxy) is 4. The van der Waals surface area contributed by atoms with Crippen LogP contribution in [0.15, 0.2) is 34.7 Å². The lowest BCUT2D eigenvalue weighted by atomic mass is 9.83. The number of hydrogen-bond acceptors (Lipinski definition) is 7. The number of aryl methyl sites for hydroxylation is 2. The fourth-order valence-corrected chi connectivity index (χ4v) is 6.21. The molecule has 2 atom stereocenters. The number of methoxy groups -OCH3 is 2. The van der Waals surface area contributed by atoms with Crippen molar-refractivity contribution in [1.82, 2.24) is 5.32 Å². The van der Waals surface area contributed by atoms with Gasteiger partial charge in [0.25, 0.3) is 0 Å². The standard InChI is InChI=1S/C31H44N2O7/c1-5-38-30(34)8-6-7-17-33-18-15-24(16-19-33)29(21-33)40-31(35)32-25(26-13-9-22(2)39-26)12-10-23-11-14-27(36-3)28(20-23)37-4/h9,11,13-14,20,24-25,29H,5-8,10,12,15-19,21H2,1-4H3/p+1/t24?,25?,29-,33?/m0/s1. The van der Waals surface area contributed by atoms with E-state index >= 15 is 0 Å². The number of carbonyl (C=O) groups excluding carboxylic acids is 2. The quantitative estimate of drug-likeness (QED) is 0.190. The van der Waals surface area contributed by atoms with Crippen molar-refractivity contribution >= 4 is 12.1 Å². The summed E-state index contributed by atoms with van der Waals surface area (Å²) in [6, 6.07) is 9.37. The van der Waals surface area contributed by atoms with Crippen molar-refractivity contribution in [3.05, 3.63) is 47.4 Å². The molecule has 1 aromatic heterocycles. The Labute approximate surface area is 237 Å². The number of rotatable bonds is 14. The smallest absolute Gasteiger partial charge is 0.408 e. The first-order chi connectivity index (χ1) is 19.3. The molecule has 1 N–H and O–H groups in total. The summed E-state index contributed by atoms with van der Waals surface area (Å²) in [4.78, 5) is 24.9. The maximum atomic E-state index is 13.2. The van der Waals surface area contributed by atoms with Crippen LogP contribution < -0.4 is 14.8 Å². The summed E-state index contributed by atoms with van der Waals surface area (Å²) in [5.74, 6) is 3.16. The van der Waals surface area contributed by atoms with Gasteiger partial charge in [-0.05, 0) is 69.4 Å². The molecular weight excluding hydrogens is 512 g/mol. The molecule has 3 saturated heterocycles. The van der Waals surface area contributed by atoms with Crippen molar-refractivity contribution in [2.24, 2.45) is 5.92 Å². The van der Waals surface area contributed by atoms with Gasteiger partial charge in [0.15, 0.2) is 17.6 Å². The van der Waals surface area contributed by atoms with Gasteiger partial charge in [0, 0.05) is 25.2 Å². The van der Waals surface area contributed by atoms with Crippen molar-refractivity contribution in [2.45, 2.75) is 70.9 Å². The molecule has 5 rings (SSSR count). The van der Waals surface area contributed by atoms with Crippen LogP contribution >= 0.6 is 0 Å². The molecule has 3 fully saturated rings. The van der Waals surface area contributed by atoms with Gasteiger partial charge in [-0.1, -0.05) is 6.07 Å². The molecular formula is C31H45N2O7+. The lowest BCUT2D eigenvalue weighted by Gasteiger charge is -2.52. The monoisotopic (exact) mass is 557 g/mol. The van der Waals surface area contributed by atoms with Crippen LogP contribution in [0.25, 0.3) is 0 Å². The number of nitrogens with one attached hydrogen (secondary N) is 1. The summed E-state index contributed by atoms with van der Waals surface area (Å²) in [5.41, 5.74) is 1.08. The van der Waals surface area contributed by atoms with Crippen molar-refractivity contribution in [3.8, 4) is 11.5 Å². The molecule has 0 radical (unpaired) electrons. The lowest BCUT2D eigenvalue weighted by Crippen LogP contribution is -2.64. The van der Waals surface area contributed by atoms with E-state index in [0.29, 0.717) is 49.0 Å². The van der Waals surface area contributed by atoms with Gasteiger partial charge in [0.2, 0.25) is 0 Å². The van der Waals surface area contributed by atoms with E-state index in [1.54, 1.807) is 14.2 Å². The molecule has 9 heteroatoms. The zero-order valence-electron chi connectivity index (χ0n) is 24.4. The number of piperidine rings is 3. The van der Waals surface area contributed by atoms with Crippen LogP contribution in [0.4, 0.5) is 4.79 Å². The first-order valence-electron chi connectivity index (χ1n) is 14.6. The van der Waals surface area contributed by atoms with E-state index in [1.165, 1.54) is 0 Å². The summed E-state index contributed by atoms with van der Waals surface area (Å²) >= 11 is 0. The molecule has 1 unspecified atom stereocenters. The molecule has 1 aromatic carbocycles. The Morgan fingerprint density at radius 3 is 2.52 bits per heavy atom. The Morgan fingerprint density at radius 2 is 1.85 bits per heavy atom. The van der Waals surface area contributed by atoms with Gasteiger partial charge in [-0.25, -0.2) is 4.79 Å². The summed E-state index contributed by atoms with van der Waals surface area (Å²) in [6.45, 7) is 8.24. The van der Waals surface area contributed by atoms with Gasteiger partial charge in [-0.15, -0.1) is 0 Å². The van der Waals surface area contributed by atoms with Crippen LogP contribution in [0.1, 0.15) is 68.6 Å². The highest BCUT2D eigenvalue weighted by molar-refractivity contribution is 5.69. The van der Waals surface area contributed by atoms with Gasteiger partial charge in [0.1, 0.15) is 18.1 Å². The van der Waals surface area contributed by atoms with E-state index in [2.05, 4.69) is 5.32 Å². The number of hydrogen-bond donors (Lipinski definition) is 1. The summed E-state index contributed by atoms with van der Waals surface area (Å²) in [6.07, 6.45) is 5.26. The second-order valence-corrected chi connectivity index (χ2v) is 11.1. The highest BCUT2D eigenvalue weighted by Gasteiger charge is 2.47. The van der Waals surface area contributed by atoms with Crippen molar-refractivity contribution in [3.63, 3.8) is 0 Å². The van der Waals surface area contributed by atoms with Crippen LogP contribution in [0.3, 0.4) is 0 Å². The molecule has 2 aromatic rings. The molecule has 3 aliphatic heterocycles. The van der Waals surface area contributed by atoms with Gasteiger partial charge in [-0.3, -0.25) is 4.79 Å². The topological polar surface area (TPSA) is 96.2 Å². The fourth-order valence-electron chi connectivity index (χ4n) is 6.21. The van der Waals surface area contributed by atoms with Crippen LogP contribution in [-0.4, -0.2) is 69.7 Å².